The van der Waals surface area contributed by atoms with Crippen LogP contribution in [0.2, 0.25) is 0 Å². The molecule has 0 aromatic carbocycles. The fourth-order valence-corrected chi connectivity index (χ4v) is 1.25. The van der Waals surface area contributed by atoms with Crippen molar-refractivity contribution in [2.45, 2.75) is 13.5 Å². The first-order valence-electron chi connectivity index (χ1n) is 5.35. The van der Waals surface area contributed by atoms with Gasteiger partial charge in [0.2, 0.25) is 0 Å². The van der Waals surface area contributed by atoms with E-state index in [4.69, 9.17) is 4.84 Å². The zero-order chi connectivity index (χ0) is 14.1. The Hall–Kier alpha value is -1.41. The van der Waals surface area contributed by atoms with Gasteiger partial charge in [-0.25, -0.2) is 9.97 Å². The second-order valence-corrected chi connectivity index (χ2v) is 3.17. The Labute approximate surface area is 141 Å². The van der Waals surface area contributed by atoms with Crippen LogP contribution in [0.25, 0.3) is 0 Å². The summed E-state index contributed by atoms with van der Waals surface area (Å²) >= 11 is 0. The molecular formula is C11H14N5O3Y-. The van der Waals surface area contributed by atoms with Crippen LogP contribution in [0.15, 0.2) is 22.8 Å². The molecule has 0 fully saturated rings. The molecule has 8 nitrogen and oxygen atoms in total. The van der Waals surface area contributed by atoms with Crippen LogP contribution in [0, 0.1) is 0 Å². The van der Waals surface area contributed by atoms with Crippen molar-refractivity contribution in [1.29, 1.82) is 0 Å². The molecule has 0 unspecified atom stereocenters. The third-order valence-corrected chi connectivity index (χ3v) is 2.03. The SMILES string of the molecule is C[C-]=NOCc1ncncc1/C(=N\OC)C(=O)NC.[Y]. The van der Waals surface area contributed by atoms with E-state index in [2.05, 4.69) is 36.6 Å². The van der Waals surface area contributed by atoms with Gasteiger partial charge >= 0.3 is 0 Å². The summed E-state index contributed by atoms with van der Waals surface area (Å²) in [7, 11) is 2.84. The summed E-state index contributed by atoms with van der Waals surface area (Å²) < 4.78 is 0. The summed E-state index contributed by atoms with van der Waals surface area (Å²) in [6.45, 7) is 1.67. The van der Waals surface area contributed by atoms with Crippen molar-refractivity contribution in [2.75, 3.05) is 14.2 Å². The van der Waals surface area contributed by atoms with E-state index in [-0.39, 0.29) is 45.0 Å². The van der Waals surface area contributed by atoms with Crippen molar-refractivity contribution in [1.82, 2.24) is 15.3 Å². The molecule has 9 heteroatoms. The smallest absolute Gasteiger partial charge is 0.273 e. The number of carbonyl (C=O) groups is 1. The molecule has 0 saturated carbocycles. The van der Waals surface area contributed by atoms with Crippen LogP contribution in [0.1, 0.15) is 18.2 Å². The molecular weight excluding hydrogens is 339 g/mol. The maximum absolute atomic E-state index is 11.7. The molecule has 1 aromatic heterocycles. The standard InChI is InChI=1S/C11H14N5O3.Y/c1-4-15-19-6-9-8(5-13-7-14-9)10(16-18-3)11(17)12-2;/h5,7H,6H2,1-3H3,(H,12,17);/q-1;/b16-10+;. The molecule has 0 spiro atoms. The van der Waals surface area contributed by atoms with E-state index >= 15 is 0 Å². The van der Waals surface area contributed by atoms with Crippen molar-refractivity contribution in [3.63, 3.8) is 0 Å². The second kappa shape index (κ2) is 10.4. The Morgan fingerprint density at radius 1 is 1.55 bits per heavy atom. The number of hydrogen-bond donors (Lipinski definition) is 1. The van der Waals surface area contributed by atoms with Gasteiger partial charge in [-0.2, -0.15) is 6.92 Å². The minimum atomic E-state index is -0.413. The first-order valence-corrected chi connectivity index (χ1v) is 5.35. The van der Waals surface area contributed by atoms with Crippen LogP contribution in [0.3, 0.4) is 0 Å². The Kier molecular flexibility index (Phi) is 9.66. The monoisotopic (exact) mass is 353 g/mol. The minimum Gasteiger partial charge on any atom is -0.426 e. The van der Waals surface area contributed by atoms with Crippen LogP contribution in [0.4, 0.5) is 0 Å². The molecule has 1 aromatic rings. The van der Waals surface area contributed by atoms with Crippen LogP contribution in [0.5, 0.6) is 0 Å². The van der Waals surface area contributed by atoms with Crippen molar-refractivity contribution >= 4 is 17.8 Å². The van der Waals surface area contributed by atoms with E-state index < -0.39 is 5.91 Å². The normalized spacial score (nSPS) is 10.8. The van der Waals surface area contributed by atoms with E-state index in [0.717, 1.165) is 0 Å². The molecule has 0 aliphatic rings. The molecule has 20 heavy (non-hydrogen) atoms. The summed E-state index contributed by atoms with van der Waals surface area (Å²) in [4.78, 5) is 29.2. The van der Waals surface area contributed by atoms with Crippen molar-refractivity contribution < 1.29 is 47.2 Å². The van der Waals surface area contributed by atoms with Gasteiger partial charge in [0.1, 0.15) is 13.4 Å². The van der Waals surface area contributed by atoms with Gasteiger partial charge in [0.25, 0.3) is 5.91 Å². The number of nitrogens with one attached hydrogen (secondary N) is 1. The summed E-state index contributed by atoms with van der Waals surface area (Å²) in [5, 5.41) is 9.63. The van der Waals surface area contributed by atoms with Gasteiger partial charge in [-0.1, -0.05) is 5.16 Å². The Balaban J connectivity index is 0.00000361. The van der Waals surface area contributed by atoms with E-state index in [1.165, 1.54) is 26.7 Å². The molecule has 0 bridgehead atoms. The zero-order valence-corrected chi connectivity index (χ0v) is 14.3. The number of rotatable bonds is 6. The largest absolute Gasteiger partial charge is 0.426 e. The summed E-state index contributed by atoms with van der Waals surface area (Å²) in [5.74, 6) is -0.413. The quantitative estimate of drug-likeness (QED) is 0.440. The molecule has 0 aliphatic heterocycles. The molecule has 1 N–H and O–H groups in total. The maximum atomic E-state index is 11.7. The number of carbonyl (C=O) groups excluding carboxylic acids is 1. The fraction of sp³-hybridized carbons (Fsp3) is 0.364. The van der Waals surface area contributed by atoms with Gasteiger partial charge in [0.15, 0.2) is 12.3 Å². The maximum Gasteiger partial charge on any atom is 0.273 e. The van der Waals surface area contributed by atoms with Crippen LogP contribution in [-0.2, 0) is 53.8 Å². The van der Waals surface area contributed by atoms with Crippen molar-refractivity contribution in [3.8, 4) is 0 Å². The Bertz CT molecular complexity index is 493. The van der Waals surface area contributed by atoms with E-state index in [0.29, 0.717) is 11.3 Å². The number of oxime groups is 1. The number of amides is 1. The molecule has 1 rings (SSSR count). The predicted molar refractivity (Wildman–Crippen MR) is 67.5 cm³/mol. The summed E-state index contributed by atoms with van der Waals surface area (Å²) in [5.41, 5.74) is 0.942. The predicted octanol–water partition coefficient (Wildman–Crippen LogP) is -0.0301. The van der Waals surface area contributed by atoms with Crippen molar-refractivity contribution in [3.05, 3.63) is 23.8 Å². The third-order valence-electron chi connectivity index (χ3n) is 2.03. The molecule has 0 saturated heterocycles. The fourth-order valence-electron chi connectivity index (χ4n) is 1.25. The van der Waals surface area contributed by atoms with Gasteiger partial charge in [-0.05, 0) is 0 Å². The molecule has 105 valence electrons. The number of hydrogen-bond acceptors (Lipinski definition) is 7. The van der Waals surface area contributed by atoms with Gasteiger partial charge < -0.3 is 26.4 Å². The van der Waals surface area contributed by atoms with Crippen LogP contribution in [-0.4, -0.2) is 42.0 Å². The Morgan fingerprint density at radius 3 is 2.90 bits per heavy atom. The summed E-state index contributed by atoms with van der Waals surface area (Å²) in [6, 6.07) is 0. The molecule has 0 atom stereocenters. The second-order valence-electron chi connectivity index (χ2n) is 3.17. The molecule has 1 radical (unpaired) electrons. The van der Waals surface area contributed by atoms with Gasteiger partial charge in [0, 0.05) is 46.0 Å². The number of nitrogens with zero attached hydrogens (tertiary/aromatic N) is 4. The molecule has 1 amide bonds. The van der Waals surface area contributed by atoms with Gasteiger partial charge in [-0.15, -0.1) is 0 Å². The zero-order valence-electron chi connectivity index (χ0n) is 11.5. The van der Waals surface area contributed by atoms with E-state index in [1.54, 1.807) is 6.92 Å². The van der Waals surface area contributed by atoms with E-state index in [1.807, 2.05) is 0 Å². The first-order chi connectivity index (χ1) is 9.24. The number of aromatic nitrogens is 2. The minimum absolute atomic E-state index is 0. The van der Waals surface area contributed by atoms with Gasteiger partial charge in [-0.3, -0.25) is 4.79 Å². The number of likely N-dealkylation sites (N-methyl/N-ethyl adjacent to an activating group) is 1. The van der Waals surface area contributed by atoms with Crippen molar-refractivity contribution in [2.24, 2.45) is 10.3 Å². The third kappa shape index (κ3) is 5.30. The molecule has 0 aliphatic carbocycles. The molecule has 1 heterocycles. The average Bonchev–Trinajstić information content (AvgIpc) is 2.45. The Morgan fingerprint density at radius 2 is 2.30 bits per heavy atom. The topological polar surface area (TPSA) is 98.1 Å². The first kappa shape index (κ1) is 18.6. The van der Waals surface area contributed by atoms with Crippen LogP contribution >= 0.6 is 0 Å². The summed E-state index contributed by atoms with van der Waals surface area (Å²) in [6.07, 6.45) is 5.27. The van der Waals surface area contributed by atoms with E-state index in [9.17, 15) is 4.79 Å². The van der Waals surface area contributed by atoms with Crippen LogP contribution < -0.4 is 5.32 Å². The van der Waals surface area contributed by atoms with Gasteiger partial charge in [0.05, 0.1) is 11.3 Å². The average molecular weight is 353 g/mol.